The molecule has 0 saturated heterocycles. The zero-order valence-corrected chi connectivity index (χ0v) is 11.5. The summed E-state index contributed by atoms with van der Waals surface area (Å²) in [6.07, 6.45) is 4.76. The Bertz CT molecular complexity index is 801. The Labute approximate surface area is 122 Å². The van der Waals surface area contributed by atoms with Crippen molar-refractivity contribution in [2.45, 2.75) is 6.92 Å². The van der Waals surface area contributed by atoms with Gasteiger partial charge in [-0.25, -0.2) is 9.78 Å². The van der Waals surface area contributed by atoms with E-state index in [4.69, 9.17) is 4.74 Å². The van der Waals surface area contributed by atoms with Crippen molar-refractivity contribution < 1.29 is 9.53 Å². The largest absolute Gasteiger partial charge is 0.423 e. The van der Waals surface area contributed by atoms with Crippen molar-refractivity contribution in [3.8, 4) is 5.75 Å². The predicted octanol–water partition coefficient (Wildman–Crippen LogP) is 3.49. The van der Waals surface area contributed by atoms with Gasteiger partial charge in [-0.3, -0.25) is 0 Å². The van der Waals surface area contributed by atoms with Gasteiger partial charge in [-0.15, -0.1) is 0 Å². The number of hydrogen-bond acceptors (Lipinski definition) is 3. The molecule has 3 rings (SSSR count). The number of fused-ring (bicyclic) bond motifs is 1. The molecule has 0 aliphatic carbocycles. The fraction of sp³-hybridized carbons (Fsp3) is 0.0588. The number of hydrogen-bond donors (Lipinski definition) is 1. The highest BCUT2D eigenvalue weighted by molar-refractivity contribution is 5.89. The van der Waals surface area contributed by atoms with Gasteiger partial charge in [-0.2, -0.15) is 0 Å². The van der Waals surface area contributed by atoms with Crippen LogP contribution >= 0.6 is 0 Å². The van der Waals surface area contributed by atoms with Crippen molar-refractivity contribution in [1.29, 1.82) is 0 Å². The van der Waals surface area contributed by atoms with E-state index in [0.717, 1.165) is 16.6 Å². The van der Waals surface area contributed by atoms with E-state index in [1.807, 2.05) is 31.2 Å². The zero-order valence-electron chi connectivity index (χ0n) is 11.5. The maximum atomic E-state index is 11.8. The standard InChI is InChI=1S/C17H14N2O2/c1-12-2-4-13(5-3-12)6-9-17(20)21-14-7-8-15-16(10-14)19-11-18-15/h2-11H,1H3,(H,18,19)/b9-6+. The number of aryl methyl sites for hydroxylation is 1. The maximum absolute atomic E-state index is 11.8. The van der Waals surface area contributed by atoms with Gasteiger partial charge in [0.25, 0.3) is 0 Å². The molecule has 0 bridgehead atoms. The van der Waals surface area contributed by atoms with Crippen LogP contribution < -0.4 is 4.74 Å². The molecule has 0 aliphatic heterocycles. The van der Waals surface area contributed by atoms with Gasteiger partial charge in [0.1, 0.15) is 5.75 Å². The lowest BCUT2D eigenvalue weighted by molar-refractivity contribution is -0.128. The van der Waals surface area contributed by atoms with Gasteiger partial charge in [0.15, 0.2) is 0 Å². The third kappa shape index (κ3) is 3.17. The summed E-state index contributed by atoms with van der Waals surface area (Å²) in [5.41, 5.74) is 3.82. The van der Waals surface area contributed by atoms with Gasteiger partial charge in [-0.1, -0.05) is 29.8 Å². The third-order valence-electron chi connectivity index (χ3n) is 3.10. The lowest BCUT2D eigenvalue weighted by Gasteiger charge is -2.01. The van der Waals surface area contributed by atoms with Crippen molar-refractivity contribution in [2.75, 3.05) is 0 Å². The van der Waals surface area contributed by atoms with E-state index < -0.39 is 5.97 Å². The number of esters is 1. The number of nitrogens with zero attached hydrogens (tertiary/aromatic N) is 1. The van der Waals surface area contributed by atoms with Crippen molar-refractivity contribution in [1.82, 2.24) is 9.97 Å². The molecule has 0 saturated carbocycles. The predicted molar refractivity (Wildman–Crippen MR) is 81.9 cm³/mol. The Morgan fingerprint density at radius 3 is 2.81 bits per heavy atom. The number of imidazole rings is 1. The highest BCUT2D eigenvalue weighted by atomic mass is 16.5. The number of ether oxygens (including phenoxy) is 1. The van der Waals surface area contributed by atoms with Gasteiger partial charge in [0, 0.05) is 12.1 Å². The molecule has 21 heavy (non-hydrogen) atoms. The average Bonchev–Trinajstić information content (AvgIpc) is 2.94. The number of nitrogens with one attached hydrogen (secondary N) is 1. The number of carbonyl (C=O) groups excluding carboxylic acids is 1. The second kappa shape index (κ2) is 5.63. The first-order chi connectivity index (χ1) is 10.2. The molecule has 104 valence electrons. The average molecular weight is 278 g/mol. The smallest absolute Gasteiger partial charge is 0.336 e. The van der Waals surface area contributed by atoms with Crippen molar-refractivity contribution in [3.05, 3.63) is 66.0 Å². The molecule has 0 unspecified atom stereocenters. The molecule has 4 nitrogen and oxygen atoms in total. The number of aromatic amines is 1. The van der Waals surface area contributed by atoms with E-state index in [1.54, 1.807) is 30.6 Å². The Hall–Kier alpha value is -2.88. The molecule has 1 heterocycles. The normalized spacial score (nSPS) is 11.1. The van der Waals surface area contributed by atoms with Crippen molar-refractivity contribution >= 4 is 23.1 Å². The molecular formula is C17H14N2O2. The summed E-state index contributed by atoms with van der Waals surface area (Å²) in [5.74, 6) is 0.0831. The van der Waals surface area contributed by atoms with Gasteiger partial charge in [0.05, 0.1) is 17.4 Å². The van der Waals surface area contributed by atoms with E-state index in [0.29, 0.717) is 5.75 Å². The first-order valence-corrected chi connectivity index (χ1v) is 6.60. The van der Waals surface area contributed by atoms with Gasteiger partial charge in [0.2, 0.25) is 0 Å². The maximum Gasteiger partial charge on any atom is 0.336 e. The third-order valence-corrected chi connectivity index (χ3v) is 3.10. The van der Waals surface area contributed by atoms with E-state index in [-0.39, 0.29) is 0 Å². The van der Waals surface area contributed by atoms with Gasteiger partial charge >= 0.3 is 5.97 Å². The molecule has 0 aliphatic rings. The van der Waals surface area contributed by atoms with Crippen LogP contribution in [-0.4, -0.2) is 15.9 Å². The first-order valence-electron chi connectivity index (χ1n) is 6.60. The van der Waals surface area contributed by atoms with Gasteiger partial charge < -0.3 is 9.72 Å². The lowest BCUT2D eigenvalue weighted by atomic mass is 10.1. The monoisotopic (exact) mass is 278 g/mol. The minimum absolute atomic E-state index is 0.408. The van der Waals surface area contributed by atoms with E-state index in [9.17, 15) is 4.79 Å². The number of benzene rings is 2. The highest BCUT2D eigenvalue weighted by Crippen LogP contribution is 2.18. The fourth-order valence-corrected chi connectivity index (χ4v) is 1.97. The van der Waals surface area contributed by atoms with Crippen LogP contribution in [0.3, 0.4) is 0 Å². The molecule has 1 aromatic heterocycles. The summed E-state index contributed by atoms with van der Waals surface area (Å²) in [7, 11) is 0. The topological polar surface area (TPSA) is 55.0 Å². The molecular weight excluding hydrogens is 264 g/mol. The van der Waals surface area contributed by atoms with E-state index >= 15 is 0 Å². The number of aromatic nitrogens is 2. The molecule has 2 aromatic carbocycles. The lowest BCUT2D eigenvalue weighted by Crippen LogP contribution is -2.03. The number of rotatable bonds is 3. The Morgan fingerprint density at radius 1 is 1.19 bits per heavy atom. The molecule has 3 aromatic rings. The Kier molecular flexibility index (Phi) is 3.51. The van der Waals surface area contributed by atoms with Crippen LogP contribution in [-0.2, 0) is 4.79 Å². The van der Waals surface area contributed by atoms with Crippen LogP contribution in [0.25, 0.3) is 17.1 Å². The zero-order chi connectivity index (χ0) is 14.7. The number of H-pyrrole nitrogens is 1. The summed E-state index contributed by atoms with van der Waals surface area (Å²) in [5, 5.41) is 0. The molecule has 4 heteroatoms. The first kappa shape index (κ1) is 13.1. The minimum Gasteiger partial charge on any atom is -0.423 e. The summed E-state index contributed by atoms with van der Waals surface area (Å²) < 4.78 is 5.26. The van der Waals surface area contributed by atoms with E-state index in [1.165, 1.54) is 11.6 Å². The molecule has 1 N–H and O–H groups in total. The van der Waals surface area contributed by atoms with Crippen LogP contribution in [0, 0.1) is 6.92 Å². The molecule has 0 spiro atoms. The van der Waals surface area contributed by atoms with Crippen LogP contribution in [0.1, 0.15) is 11.1 Å². The van der Waals surface area contributed by atoms with Crippen LogP contribution in [0.5, 0.6) is 5.75 Å². The summed E-state index contributed by atoms with van der Waals surface area (Å²) in [6.45, 7) is 2.02. The van der Waals surface area contributed by atoms with Crippen molar-refractivity contribution in [3.63, 3.8) is 0 Å². The summed E-state index contributed by atoms with van der Waals surface area (Å²) in [4.78, 5) is 18.9. The quantitative estimate of drug-likeness (QED) is 0.453. The summed E-state index contributed by atoms with van der Waals surface area (Å²) >= 11 is 0. The van der Waals surface area contributed by atoms with E-state index in [2.05, 4.69) is 9.97 Å². The fourth-order valence-electron chi connectivity index (χ4n) is 1.97. The molecule has 0 atom stereocenters. The highest BCUT2D eigenvalue weighted by Gasteiger charge is 2.03. The minimum atomic E-state index is -0.408. The molecule has 0 fully saturated rings. The second-order valence-electron chi connectivity index (χ2n) is 4.75. The second-order valence-corrected chi connectivity index (χ2v) is 4.75. The van der Waals surface area contributed by atoms with Crippen LogP contribution in [0.15, 0.2) is 54.9 Å². The van der Waals surface area contributed by atoms with Crippen molar-refractivity contribution in [2.24, 2.45) is 0 Å². The Balaban J connectivity index is 1.69. The van der Waals surface area contributed by atoms with Gasteiger partial charge in [-0.05, 0) is 30.7 Å². The summed E-state index contributed by atoms with van der Waals surface area (Å²) in [6, 6.07) is 13.2. The van der Waals surface area contributed by atoms with Crippen LogP contribution in [0.4, 0.5) is 0 Å². The number of carbonyl (C=O) groups is 1. The molecule has 0 amide bonds. The van der Waals surface area contributed by atoms with Crippen LogP contribution in [0.2, 0.25) is 0 Å². The SMILES string of the molecule is Cc1ccc(/C=C/C(=O)Oc2ccc3nc[nH]c3c2)cc1. The molecule has 0 radical (unpaired) electrons. The Morgan fingerprint density at radius 2 is 2.00 bits per heavy atom.